The summed E-state index contributed by atoms with van der Waals surface area (Å²) in [6.07, 6.45) is 3.88. The Balaban J connectivity index is 2.10. The summed E-state index contributed by atoms with van der Waals surface area (Å²) in [7, 11) is 0. The minimum Gasteiger partial charge on any atom is -0.376 e. The Labute approximate surface area is 103 Å². The van der Waals surface area contributed by atoms with E-state index < -0.39 is 6.10 Å². The first kappa shape index (κ1) is 14.4. The van der Waals surface area contributed by atoms with Crippen LogP contribution >= 0.6 is 0 Å². The number of carbonyl (C=O) groups excluding carboxylic acids is 1. The fraction of sp³-hybridized carbons (Fsp3) is 0.917. The summed E-state index contributed by atoms with van der Waals surface area (Å²) in [4.78, 5) is 11.6. The van der Waals surface area contributed by atoms with Crippen LogP contribution < -0.4 is 11.1 Å². The van der Waals surface area contributed by atoms with Crippen molar-refractivity contribution in [2.24, 2.45) is 5.73 Å². The van der Waals surface area contributed by atoms with Crippen LogP contribution in [0, 0.1) is 0 Å². The van der Waals surface area contributed by atoms with Gasteiger partial charge in [0.25, 0.3) is 0 Å². The summed E-state index contributed by atoms with van der Waals surface area (Å²) in [5, 5.41) is 2.79. The minimum atomic E-state index is -0.418. The Morgan fingerprint density at radius 1 is 1.59 bits per heavy atom. The first-order chi connectivity index (χ1) is 8.24. The van der Waals surface area contributed by atoms with E-state index in [9.17, 15) is 4.79 Å². The molecule has 2 unspecified atom stereocenters. The van der Waals surface area contributed by atoms with Crippen molar-refractivity contribution in [1.29, 1.82) is 0 Å². The molecule has 1 aliphatic rings. The lowest BCUT2D eigenvalue weighted by atomic mass is 10.1. The maximum atomic E-state index is 11.6. The van der Waals surface area contributed by atoms with Crippen LogP contribution in [0.2, 0.25) is 0 Å². The Hall–Kier alpha value is -0.650. The molecule has 2 atom stereocenters. The summed E-state index contributed by atoms with van der Waals surface area (Å²) in [5.41, 5.74) is 5.35. The largest absolute Gasteiger partial charge is 0.376 e. The molecule has 1 aliphatic heterocycles. The van der Waals surface area contributed by atoms with Crippen molar-refractivity contribution in [3.63, 3.8) is 0 Å². The van der Waals surface area contributed by atoms with Crippen LogP contribution in [-0.2, 0) is 14.3 Å². The van der Waals surface area contributed by atoms with Crippen LogP contribution in [0.3, 0.4) is 0 Å². The molecule has 3 N–H and O–H groups in total. The second-order valence-electron chi connectivity index (χ2n) is 4.40. The van der Waals surface area contributed by atoms with Crippen molar-refractivity contribution < 1.29 is 14.3 Å². The topological polar surface area (TPSA) is 73.6 Å². The standard InChI is InChI=1S/C12H24N2O3/c1-10(12(15)14-7-4-6-13)17-9-11-5-2-3-8-16-11/h10-11H,2-9,13H2,1H3,(H,14,15). The van der Waals surface area contributed by atoms with Crippen molar-refractivity contribution in [2.75, 3.05) is 26.3 Å². The number of rotatable bonds is 7. The van der Waals surface area contributed by atoms with E-state index in [0.29, 0.717) is 19.7 Å². The van der Waals surface area contributed by atoms with Gasteiger partial charge in [-0.15, -0.1) is 0 Å². The van der Waals surface area contributed by atoms with Gasteiger partial charge in [0.05, 0.1) is 12.7 Å². The number of hydrogen-bond acceptors (Lipinski definition) is 4. The Bertz CT molecular complexity index is 218. The third-order valence-electron chi connectivity index (χ3n) is 2.86. The molecule has 100 valence electrons. The predicted molar refractivity (Wildman–Crippen MR) is 65.7 cm³/mol. The molecule has 1 heterocycles. The molecule has 0 aromatic carbocycles. The van der Waals surface area contributed by atoms with Crippen LogP contribution in [0.15, 0.2) is 0 Å². The lowest BCUT2D eigenvalue weighted by Crippen LogP contribution is -2.37. The molecule has 0 aromatic heterocycles. The number of nitrogens with one attached hydrogen (secondary N) is 1. The van der Waals surface area contributed by atoms with E-state index in [1.54, 1.807) is 6.92 Å². The lowest BCUT2D eigenvalue weighted by Gasteiger charge is -2.23. The fourth-order valence-electron chi connectivity index (χ4n) is 1.72. The Morgan fingerprint density at radius 2 is 2.41 bits per heavy atom. The zero-order chi connectivity index (χ0) is 12.5. The molecule has 5 heteroatoms. The molecule has 1 saturated heterocycles. The van der Waals surface area contributed by atoms with Gasteiger partial charge < -0.3 is 20.5 Å². The minimum absolute atomic E-state index is 0.0748. The molecular weight excluding hydrogens is 220 g/mol. The number of ether oxygens (including phenoxy) is 2. The molecule has 0 radical (unpaired) electrons. The van der Waals surface area contributed by atoms with Crippen molar-refractivity contribution in [3.05, 3.63) is 0 Å². The van der Waals surface area contributed by atoms with Crippen LogP contribution in [0.1, 0.15) is 32.6 Å². The van der Waals surface area contributed by atoms with Crippen LogP contribution in [0.5, 0.6) is 0 Å². The van der Waals surface area contributed by atoms with Crippen LogP contribution in [-0.4, -0.2) is 44.4 Å². The first-order valence-corrected chi connectivity index (χ1v) is 6.45. The van der Waals surface area contributed by atoms with Crippen molar-refractivity contribution in [2.45, 2.75) is 44.8 Å². The average molecular weight is 244 g/mol. The fourth-order valence-corrected chi connectivity index (χ4v) is 1.72. The van der Waals surface area contributed by atoms with Crippen molar-refractivity contribution in [1.82, 2.24) is 5.32 Å². The molecule has 1 fully saturated rings. The van der Waals surface area contributed by atoms with Gasteiger partial charge in [-0.05, 0) is 39.2 Å². The van der Waals surface area contributed by atoms with Gasteiger partial charge in [0.15, 0.2) is 0 Å². The van der Waals surface area contributed by atoms with Gasteiger partial charge in [-0.1, -0.05) is 0 Å². The third-order valence-corrected chi connectivity index (χ3v) is 2.86. The highest BCUT2D eigenvalue weighted by atomic mass is 16.5. The quantitative estimate of drug-likeness (QED) is 0.637. The van der Waals surface area contributed by atoms with E-state index in [0.717, 1.165) is 25.9 Å². The maximum absolute atomic E-state index is 11.6. The number of carbonyl (C=O) groups is 1. The molecule has 0 bridgehead atoms. The second kappa shape index (κ2) is 8.44. The van der Waals surface area contributed by atoms with Gasteiger partial charge in [-0.25, -0.2) is 0 Å². The molecule has 0 spiro atoms. The maximum Gasteiger partial charge on any atom is 0.248 e. The summed E-state index contributed by atoms with van der Waals surface area (Å²) in [6.45, 7) is 4.28. The second-order valence-corrected chi connectivity index (χ2v) is 4.40. The normalized spacial score (nSPS) is 22.1. The van der Waals surface area contributed by atoms with E-state index in [-0.39, 0.29) is 12.0 Å². The Morgan fingerprint density at radius 3 is 3.06 bits per heavy atom. The number of hydrogen-bond donors (Lipinski definition) is 2. The number of nitrogens with two attached hydrogens (primary N) is 1. The first-order valence-electron chi connectivity index (χ1n) is 6.45. The van der Waals surface area contributed by atoms with Gasteiger partial charge in [0, 0.05) is 13.2 Å². The van der Waals surface area contributed by atoms with E-state index in [4.69, 9.17) is 15.2 Å². The highest BCUT2D eigenvalue weighted by molar-refractivity contribution is 5.80. The zero-order valence-corrected chi connectivity index (χ0v) is 10.6. The smallest absolute Gasteiger partial charge is 0.248 e. The lowest BCUT2D eigenvalue weighted by molar-refractivity contribution is -0.135. The molecular formula is C12H24N2O3. The van der Waals surface area contributed by atoms with Crippen molar-refractivity contribution in [3.8, 4) is 0 Å². The van der Waals surface area contributed by atoms with Gasteiger partial charge >= 0.3 is 0 Å². The van der Waals surface area contributed by atoms with E-state index in [1.165, 1.54) is 6.42 Å². The van der Waals surface area contributed by atoms with Gasteiger partial charge in [-0.2, -0.15) is 0 Å². The molecule has 0 aromatic rings. The monoisotopic (exact) mass is 244 g/mol. The third kappa shape index (κ3) is 6.00. The van der Waals surface area contributed by atoms with Gasteiger partial charge in [0.2, 0.25) is 5.91 Å². The molecule has 0 aliphatic carbocycles. The SMILES string of the molecule is CC(OCC1CCCCO1)C(=O)NCCCN. The van der Waals surface area contributed by atoms with E-state index >= 15 is 0 Å². The molecule has 1 rings (SSSR count). The highest BCUT2D eigenvalue weighted by Gasteiger charge is 2.18. The molecule has 1 amide bonds. The summed E-state index contributed by atoms with van der Waals surface area (Å²) >= 11 is 0. The number of amides is 1. The Kier molecular flexibility index (Phi) is 7.16. The molecule has 5 nitrogen and oxygen atoms in total. The average Bonchev–Trinajstić information content (AvgIpc) is 2.37. The van der Waals surface area contributed by atoms with Crippen LogP contribution in [0.4, 0.5) is 0 Å². The summed E-state index contributed by atoms with van der Waals surface area (Å²) < 4.78 is 11.0. The van der Waals surface area contributed by atoms with Crippen molar-refractivity contribution >= 4 is 5.91 Å². The van der Waals surface area contributed by atoms with E-state index in [1.807, 2.05) is 0 Å². The van der Waals surface area contributed by atoms with Gasteiger partial charge in [0.1, 0.15) is 6.10 Å². The highest BCUT2D eigenvalue weighted by Crippen LogP contribution is 2.13. The molecule has 17 heavy (non-hydrogen) atoms. The summed E-state index contributed by atoms with van der Waals surface area (Å²) in [5.74, 6) is -0.0748. The van der Waals surface area contributed by atoms with Crippen LogP contribution in [0.25, 0.3) is 0 Å². The van der Waals surface area contributed by atoms with E-state index in [2.05, 4.69) is 5.32 Å². The summed E-state index contributed by atoms with van der Waals surface area (Å²) in [6, 6.07) is 0. The van der Waals surface area contributed by atoms with Gasteiger partial charge in [-0.3, -0.25) is 4.79 Å². The zero-order valence-electron chi connectivity index (χ0n) is 10.6. The molecule has 0 saturated carbocycles. The predicted octanol–water partition coefficient (Wildman–Crippen LogP) is 0.426.